The summed E-state index contributed by atoms with van der Waals surface area (Å²) < 4.78 is 11.1. The van der Waals surface area contributed by atoms with Gasteiger partial charge in [-0.3, -0.25) is 9.88 Å². The number of aromatic hydroxyl groups is 1. The smallest absolute Gasteiger partial charge is 0.427 e. The van der Waals surface area contributed by atoms with E-state index in [9.17, 15) is 19.6 Å². The van der Waals surface area contributed by atoms with Crippen LogP contribution in [0.15, 0.2) is 48.2 Å². The van der Waals surface area contributed by atoms with E-state index in [0.29, 0.717) is 5.56 Å². The highest BCUT2D eigenvalue weighted by atomic mass is 31.2. The third-order valence-corrected chi connectivity index (χ3v) is 3.74. The molecule has 0 spiro atoms. The molecule has 7 nitrogen and oxygen atoms in total. The van der Waals surface area contributed by atoms with Crippen LogP contribution < -0.4 is 5.09 Å². The minimum Gasteiger partial charge on any atom is -0.508 e. The molecule has 1 aliphatic carbocycles. The summed E-state index contributed by atoms with van der Waals surface area (Å²) in [6.07, 6.45) is 2.80. The Bertz CT molecular complexity index is 678. The number of benzene rings is 1. The number of nitrogens with one attached hydrogen (secondary N) is 1. The van der Waals surface area contributed by atoms with Crippen molar-refractivity contribution < 1.29 is 29.4 Å². The Morgan fingerprint density at radius 1 is 1.32 bits per heavy atom. The van der Waals surface area contributed by atoms with Crippen molar-refractivity contribution in [2.45, 2.75) is 12.5 Å². The fourth-order valence-corrected chi connectivity index (χ4v) is 2.87. The van der Waals surface area contributed by atoms with E-state index in [4.69, 9.17) is 9.79 Å². The Morgan fingerprint density at radius 2 is 2.05 bits per heavy atom. The lowest BCUT2D eigenvalue weighted by Crippen LogP contribution is -2.36. The Morgan fingerprint density at radius 3 is 2.68 bits per heavy atom. The highest BCUT2D eigenvalue weighted by Crippen LogP contribution is 2.34. The first-order valence-corrected chi connectivity index (χ1v) is 8.09. The molecule has 2 rings (SSSR count). The van der Waals surface area contributed by atoms with Crippen LogP contribution in [0.1, 0.15) is 5.56 Å². The summed E-state index contributed by atoms with van der Waals surface area (Å²) in [5.41, 5.74) is 0.568. The molecule has 1 aliphatic rings. The van der Waals surface area contributed by atoms with Crippen LogP contribution in [-0.4, -0.2) is 31.9 Å². The van der Waals surface area contributed by atoms with Gasteiger partial charge in [0.2, 0.25) is 0 Å². The summed E-state index contributed by atoms with van der Waals surface area (Å²) in [5, 5.41) is 21.7. The molecule has 0 heterocycles. The fourth-order valence-electron chi connectivity index (χ4n) is 2.32. The van der Waals surface area contributed by atoms with Crippen molar-refractivity contribution in [3.05, 3.63) is 53.8 Å². The molecule has 8 heteroatoms. The molecular weight excluding hydrogens is 309 g/mol. The van der Waals surface area contributed by atoms with Crippen molar-refractivity contribution in [3.8, 4) is 5.75 Å². The first kappa shape index (κ1) is 16.5. The van der Waals surface area contributed by atoms with Gasteiger partial charge in [-0.2, -0.15) is 0 Å². The van der Waals surface area contributed by atoms with Gasteiger partial charge in [-0.05, 0) is 36.3 Å². The number of allylic oxidation sites excluding steroid dienone is 3. The molecule has 0 saturated carbocycles. The number of carbonyl (C=O) groups is 1. The summed E-state index contributed by atoms with van der Waals surface area (Å²) in [7, 11) is -4.58. The Balaban J connectivity index is 2.20. The van der Waals surface area contributed by atoms with Gasteiger partial charge < -0.3 is 20.0 Å². The second-order valence-corrected chi connectivity index (χ2v) is 6.27. The number of phenols is 1. The lowest BCUT2D eigenvalue weighted by molar-refractivity contribution is -0.120. The van der Waals surface area contributed by atoms with E-state index >= 15 is 0 Å². The highest BCUT2D eigenvalue weighted by Gasteiger charge is 2.33. The van der Waals surface area contributed by atoms with Crippen molar-refractivity contribution in [2.24, 2.45) is 5.92 Å². The number of hydrogen-bond acceptors (Lipinski definition) is 4. The summed E-state index contributed by atoms with van der Waals surface area (Å²) in [6.45, 7) is 0. The Hall–Kier alpha value is -1.92. The summed E-state index contributed by atoms with van der Waals surface area (Å²) in [6, 6.07) is 6.20. The molecule has 0 aromatic heterocycles. The Kier molecular flexibility index (Phi) is 4.83. The molecule has 5 N–H and O–H groups in total. The molecule has 22 heavy (non-hydrogen) atoms. The first-order valence-electron chi connectivity index (χ1n) is 6.48. The minimum atomic E-state index is -4.58. The van der Waals surface area contributed by atoms with Gasteiger partial charge in [0.25, 0.3) is 0 Å². The molecule has 0 radical (unpaired) electrons. The van der Waals surface area contributed by atoms with Gasteiger partial charge in [-0.25, -0.2) is 4.57 Å². The number of hydrogen-bond donors (Lipinski definition) is 5. The topological polar surface area (TPSA) is 127 Å². The predicted octanol–water partition coefficient (Wildman–Crippen LogP) is 0.617. The second-order valence-electron chi connectivity index (χ2n) is 4.96. The lowest BCUT2D eigenvalue weighted by Gasteiger charge is -2.26. The van der Waals surface area contributed by atoms with E-state index in [-0.39, 0.29) is 17.9 Å². The molecule has 1 aromatic rings. The molecule has 0 saturated heterocycles. The monoisotopic (exact) mass is 325 g/mol. The SMILES string of the molecule is O=C1C=CC=C(NP(=O)(O)O)C1C(O)Cc1cccc(O)c1. The number of aliphatic hydroxyl groups is 1. The Labute approximate surface area is 126 Å². The fraction of sp³-hybridized carbons (Fsp3) is 0.214. The van der Waals surface area contributed by atoms with E-state index in [0.717, 1.165) is 0 Å². The number of ketones is 1. The normalized spacial score (nSPS) is 19.7. The number of rotatable bonds is 5. The van der Waals surface area contributed by atoms with Gasteiger partial charge in [0.1, 0.15) is 5.75 Å². The third kappa shape index (κ3) is 4.29. The highest BCUT2D eigenvalue weighted by molar-refractivity contribution is 7.49. The van der Waals surface area contributed by atoms with E-state index in [2.05, 4.69) is 0 Å². The van der Waals surface area contributed by atoms with Crippen LogP contribution in [0.5, 0.6) is 5.75 Å². The zero-order valence-electron chi connectivity index (χ0n) is 11.5. The maximum atomic E-state index is 12.0. The molecule has 2 unspecified atom stereocenters. The van der Waals surface area contributed by atoms with Crippen molar-refractivity contribution in [1.82, 2.24) is 5.09 Å². The molecule has 0 fully saturated rings. The van der Waals surface area contributed by atoms with Crippen LogP contribution in [0.2, 0.25) is 0 Å². The van der Waals surface area contributed by atoms with E-state index in [1.54, 1.807) is 12.1 Å². The molecular formula is C14H16NO6P. The molecule has 2 atom stereocenters. The zero-order chi connectivity index (χ0) is 16.3. The molecule has 0 aliphatic heterocycles. The van der Waals surface area contributed by atoms with Crippen molar-refractivity contribution in [3.63, 3.8) is 0 Å². The number of aliphatic hydroxyl groups excluding tert-OH is 1. The molecule has 1 aromatic carbocycles. The summed E-state index contributed by atoms with van der Waals surface area (Å²) in [4.78, 5) is 29.9. The average Bonchev–Trinajstić information content (AvgIpc) is 2.36. The largest absolute Gasteiger partial charge is 0.508 e. The van der Waals surface area contributed by atoms with Gasteiger partial charge in [-0.1, -0.05) is 18.2 Å². The predicted molar refractivity (Wildman–Crippen MR) is 78.7 cm³/mol. The first-order chi connectivity index (χ1) is 10.3. The van der Waals surface area contributed by atoms with Gasteiger partial charge in [-0.15, -0.1) is 0 Å². The zero-order valence-corrected chi connectivity index (χ0v) is 12.4. The number of phenolic OH excluding ortho intramolecular Hbond substituents is 1. The second kappa shape index (κ2) is 6.46. The van der Waals surface area contributed by atoms with Gasteiger partial charge in [0, 0.05) is 5.70 Å². The average molecular weight is 325 g/mol. The molecule has 118 valence electrons. The van der Waals surface area contributed by atoms with E-state index in [1.807, 2.05) is 5.09 Å². The number of carbonyl (C=O) groups excluding carboxylic acids is 1. The van der Waals surface area contributed by atoms with Crippen LogP contribution in [0.25, 0.3) is 0 Å². The van der Waals surface area contributed by atoms with E-state index in [1.165, 1.54) is 30.4 Å². The summed E-state index contributed by atoms with van der Waals surface area (Å²) >= 11 is 0. The van der Waals surface area contributed by atoms with E-state index < -0.39 is 25.6 Å². The lowest BCUT2D eigenvalue weighted by atomic mass is 9.87. The van der Waals surface area contributed by atoms with Crippen molar-refractivity contribution >= 4 is 13.5 Å². The van der Waals surface area contributed by atoms with Crippen LogP contribution in [-0.2, 0) is 15.8 Å². The van der Waals surface area contributed by atoms with Crippen LogP contribution in [0.4, 0.5) is 0 Å². The maximum absolute atomic E-state index is 12.0. The van der Waals surface area contributed by atoms with Gasteiger partial charge in [0.05, 0.1) is 12.0 Å². The van der Waals surface area contributed by atoms with Crippen LogP contribution in [0.3, 0.4) is 0 Å². The van der Waals surface area contributed by atoms with Crippen LogP contribution in [0, 0.1) is 5.92 Å². The summed E-state index contributed by atoms with van der Waals surface area (Å²) in [5.74, 6) is -1.52. The van der Waals surface area contributed by atoms with Crippen molar-refractivity contribution in [1.29, 1.82) is 0 Å². The van der Waals surface area contributed by atoms with Crippen molar-refractivity contribution in [2.75, 3.05) is 0 Å². The third-order valence-electron chi connectivity index (χ3n) is 3.19. The van der Waals surface area contributed by atoms with Crippen LogP contribution >= 0.6 is 7.75 Å². The van der Waals surface area contributed by atoms with Gasteiger partial charge >= 0.3 is 7.75 Å². The standard InChI is InChI=1S/C14H16NO6P/c16-10-4-1-3-9(7-10)8-13(18)14-11(15-22(19,20)21)5-2-6-12(14)17/h1-7,13-14,16,18H,8H2,(H3,15,19,20,21). The molecule has 0 amide bonds. The maximum Gasteiger partial charge on any atom is 0.427 e. The quantitative estimate of drug-likeness (QED) is 0.502. The minimum absolute atomic E-state index is 0.0312. The molecule has 0 bridgehead atoms. The van der Waals surface area contributed by atoms with Gasteiger partial charge in [0.15, 0.2) is 5.78 Å².